The van der Waals surface area contributed by atoms with Crippen LogP contribution in [0, 0.1) is 5.92 Å². The zero-order valence-corrected chi connectivity index (χ0v) is 9.70. The van der Waals surface area contributed by atoms with Gasteiger partial charge in [-0.15, -0.1) is 11.3 Å². The van der Waals surface area contributed by atoms with E-state index in [0.717, 1.165) is 16.9 Å². The smallest absolute Gasteiger partial charge is 0.0894 e. The number of hydrogen-bond acceptors (Lipinski definition) is 3. The van der Waals surface area contributed by atoms with Gasteiger partial charge in [-0.1, -0.05) is 0 Å². The SMILES string of the molecule is NC1CC(CNc2cc(Br)cs2)C1. The first-order valence-electron chi connectivity index (χ1n) is 4.47. The Morgan fingerprint density at radius 2 is 2.38 bits per heavy atom. The van der Waals surface area contributed by atoms with Crippen molar-refractivity contribution in [3.05, 3.63) is 15.9 Å². The van der Waals surface area contributed by atoms with Crippen molar-refractivity contribution in [2.75, 3.05) is 11.9 Å². The fourth-order valence-electron chi connectivity index (χ4n) is 1.60. The predicted octanol–water partition coefficient (Wildman–Crippen LogP) is 2.66. The zero-order chi connectivity index (χ0) is 9.26. The lowest BCUT2D eigenvalue weighted by atomic mass is 9.81. The highest BCUT2D eigenvalue weighted by Crippen LogP contribution is 2.28. The Kier molecular flexibility index (Phi) is 2.91. The van der Waals surface area contributed by atoms with Gasteiger partial charge in [0.1, 0.15) is 0 Å². The van der Waals surface area contributed by atoms with Gasteiger partial charge in [0.25, 0.3) is 0 Å². The summed E-state index contributed by atoms with van der Waals surface area (Å²) >= 11 is 5.17. The van der Waals surface area contributed by atoms with Gasteiger partial charge in [-0.25, -0.2) is 0 Å². The third-order valence-corrected chi connectivity index (χ3v) is 4.05. The fraction of sp³-hybridized carbons (Fsp3) is 0.556. The molecular formula is C9H13BrN2S. The number of rotatable bonds is 3. The van der Waals surface area contributed by atoms with Crippen molar-refractivity contribution < 1.29 is 0 Å². The van der Waals surface area contributed by atoms with Crippen molar-refractivity contribution in [3.8, 4) is 0 Å². The zero-order valence-electron chi connectivity index (χ0n) is 7.29. The molecule has 2 rings (SSSR count). The molecule has 72 valence electrons. The molecule has 1 heterocycles. The highest BCUT2D eigenvalue weighted by Gasteiger charge is 2.25. The van der Waals surface area contributed by atoms with Crippen LogP contribution in [-0.2, 0) is 0 Å². The van der Waals surface area contributed by atoms with Gasteiger partial charge < -0.3 is 11.1 Å². The molecule has 0 bridgehead atoms. The molecule has 1 aliphatic carbocycles. The monoisotopic (exact) mass is 260 g/mol. The summed E-state index contributed by atoms with van der Waals surface area (Å²) in [5.74, 6) is 0.788. The van der Waals surface area contributed by atoms with Crippen LogP contribution in [0.1, 0.15) is 12.8 Å². The van der Waals surface area contributed by atoms with E-state index < -0.39 is 0 Å². The molecule has 13 heavy (non-hydrogen) atoms. The van der Waals surface area contributed by atoms with E-state index in [1.54, 1.807) is 11.3 Å². The van der Waals surface area contributed by atoms with Gasteiger partial charge in [-0.05, 0) is 40.8 Å². The second kappa shape index (κ2) is 3.98. The van der Waals surface area contributed by atoms with Crippen molar-refractivity contribution >= 4 is 32.3 Å². The standard InChI is InChI=1S/C9H13BrN2S/c10-7-3-9(13-5-7)12-4-6-1-8(11)2-6/h3,5-6,8,12H,1-2,4,11H2. The van der Waals surface area contributed by atoms with Gasteiger partial charge in [0.15, 0.2) is 0 Å². The molecule has 1 aliphatic rings. The number of halogens is 1. The number of anilines is 1. The van der Waals surface area contributed by atoms with Crippen LogP contribution in [-0.4, -0.2) is 12.6 Å². The Labute approximate surface area is 90.6 Å². The van der Waals surface area contributed by atoms with Crippen LogP contribution in [0.2, 0.25) is 0 Å². The molecule has 4 heteroatoms. The molecule has 0 spiro atoms. The molecule has 0 radical (unpaired) electrons. The summed E-state index contributed by atoms with van der Waals surface area (Å²) in [6.45, 7) is 1.07. The average Bonchev–Trinajstić information content (AvgIpc) is 2.43. The van der Waals surface area contributed by atoms with E-state index in [4.69, 9.17) is 5.73 Å². The minimum atomic E-state index is 0.460. The van der Waals surface area contributed by atoms with Crippen molar-refractivity contribution in [1.29, 1.82) is 0 Å². The highest BCUT2D eigenvalue weighted by molar-refractivity contribution is 9.10. The number of thiophene rings is 1. The Morgan fingerprint density at radius 3 is 2.92 bits per heavy atom. The van der Waals surface area contributed by atoms with E-state index in [9.17, 15) is 0 Å². The van der Waals surface area contributed by atoms with E-state index >= 15 is 0 Å². The minimum Gasteiger partial charge on any atom is -0.377 e. The Balaban J connectivity index is 1.74. The Hall–Kier alpha value is -0.0600. The Bertz CT molecular complexity index is 281. The maximum atomic E-state index is 5.71. The third kappa shape index (κ3) is 2.45. The molecule has 1 fully saturated rings. The molecule has 0 aliphatic heterocycles. The van der Waals surface area contributed by atoms with Crippen LogP contribution in [0.3, 0.4) is 0 Å². The van der Waals surface area contributed by atoms with Crippen LogP contribution in [0.5, 0.6) is 0 Å². The number of nitrogens with two attached hydrogens (primary N) is 1. The lowest BCUT2D eigenvalue weighted by Gasteiger charge is -2.32. The molecule has 1 aromatic rings. The number of hydrogen-bond donors (Lipinski definition) is 2. The second-order valence-electron chi connectivity index (χ2n) is 3.61. The van der Waals surface area contributed by atoms with Gasteiger partial charge in [0, 0.05) is 22.4 Å². The van der Waals surface area contributed by atoms with Gasteiger partial charge in [-0.3, -0.25) is 0 Å². The summed E-state index contributed by atoms with van der Waals surface area (Å²) in [7, 11) is 0. The van der Waals surface area contributed by atoms with Crippen LogP contribution < -0.4 is 11.1 Å². The first kappa shape index (κ1) is 9.49. The molecule has 0 aromatic carbocycles. The predicted molar refractivity (Wildman–Crippen MR) is 61.2 cm³/mol. The maximum absolute atomic E-state index is 5.71. The van der Waals surface area contributed by atoms with E-state index in [1.165, 1.54) is 17.8 Å². The average molecular weight is 261 g/mol. The molecule has 0 atom stereocenters. The van der Waals surface area contributed by atoms with Gasteiger partial charge in [-0.2, -0.15) is 0 Å². The van der Waals surface area contributed by atoms with Crippen LogP contribution in [0.4, 0.5) is 5.00 Å². The minimum absolute atomic E-state index is 0.460. The quantitative estimate of drug-likeness (QED) is 0.877. The van der Waals surface area contributed by atoms with Crippen LogP contribution in [0.25, 0.3) is 0 Å². The summed E-state index contributed by atoms with van der Waals surface area (Å²) in [6, 6.07) is 2.57. The second-order valence-corrected chi connectivity index (χ2v) is 5.43. The first-order valence-corrected chi connectivity index (χ1v) is 6.15. The van der Waals surface area contributed by atoms with Crippen molar-refractivity contribution in [1.82, 2.24) is 0 Å². The molecule has 0 amide bonds. The van der Waals surface area contributed by atoms with E-state index in [1.807, 2.05) is 0 Å². The van der Waals surface area contributed by atoms with E-state index in [2.05, 4.69) is 32.7 Å². The van der Waals surface area contributed by atoms with E-state index in [0.29, 0.717) is 6.04 Å². The maximum Gasteiger partial charge on any atom is 0.0894 e. The summed E-state index contributed by atoms with van der Waals surface area (Å²) < 4.78 is 1.16. The summed E-state index contributed by atoms with van der Waals surface area (Å²) in [5.41, 5.74) is 5.71. The Morgan fingerprint density at radius 1 is 1.62 bits per heavy atom. The summed E-state index contributed by atoms with van der Waals surface area (Å²) in [4.78, 5) is 0. The number of nitrogens with one attached hydrogen (secondary N) is 1. The molecular weight excluding hydrogens is 248 g/mol. The largest absolute Gasteiger partial charge is 0.377 e. The molecule has 0 saturated heterocycles. The van der Waals surface area contributed by atoms with Gasteiger partial charge in [0.2, 0.25) is 0 Å². The summed E-state index contributed by atoms with van der Waals surface area (Å²) in [5, 5.41) is 6.76. The highest BCUT2D eigenvalue weighted by atomic mass is 79.9. The fourth-order valence-corrected chi connectivity index (χ4v) is 2.93. The van der Waals surface area contributed by atoms with Crippen molar-refractivity contribution in [3.63, 3.8) is 0 Å². The molecule has 0 unspecified atom stereocenters. The topological polar surface area (TPSA) is 38.0 Å². The third-order valence-electron chi connectivity index (χ3n) is 2.40. The van der Waals surface area contributed by atoms with Gasteiger partial charge >= 0.3 is 0 Å². The lowest BCUT2D eigenvalue weighted by Crippen LogP contribution is -2.39. The molecule has 3 N–H and O–H groups in total. The van der Waals surface area contributed by atoms with Crippen molar-refractivity contribution in [2.45, 2.75) is 18.9 Å². The first-order chi connectivity index (χ1) is 6.24. The van der Waals surface area contributed by atoms with E-state index in [-0.39, 0.29) is 0 Å². The molecule has 2 nitrogen and oxygen atoms in total. The normalized spacial score (nSPS) is 26.9. The van der Waals surface area contributed by atoms with Crippen LogP contribution >= 0.6 is 27.3 Å². The van der Waals surface area contributed by atoms with Crippen molar-refractivity contribution in [2.24, 2.45) is 11.7 Å². The van der Waals surface area contributed by atoms with Crippen LogP contribution in [0.15, 0.2) is 15.9 Å². The summed E-state index contributed by atoms with van der Waals surface area (Å²) in [6.07, 6.45) is 2.36. The van der Waals surface area contributed by atoms with Gasteiger partial charge in [0.05, 0.1) is 5.00 Å². The molecule has 1 aromatic heterocycles. The molecule has 1 saturated carbocycles. The lowest BCUT2D eigenvalue weighted by molar-refractivity contribution is 0.280.